The van der Waals surface area contributed by atoms with Crippen molar-refractivity contribution in [1.82, 2.24) is 20.3 Å². The summed E-state index contributed by atoms with van der Waals surface area (Å²) >= 11 is 0. The van der Waals surface area contributed by atoms with Crippen LogP contribution in [0.25, 0.3) is 0 Å². The fourth-order valence-corrected chi connectivity index (χ4v) is 1.71. The number of hydrogen-bond donors (Lipinski definition) is 3. The van der Waals surface area contributed by atoms with Gasteiger partial charge in [0.1, 0.15) is 6.54 Å². The van der Waals surface area contributed by atoms with E-state index in [1.807, 2.05) is 0 Å². The Balaban J connectivity index is 1.94. The smallest absolute Gasteiger partial charge is 0.251 e. The number of anilines is 1. The first-order chi connectivity index (χ1) is 10.1. The molecular formula is C13H16N6O2. The van der Waals surface area contributed by atoms with Crippen LogP contribution in [0.5, 0.6) is 0 Å². The quantitative estimate of drug-likeness (QED) is 0.701. The minimum Gasteiger partial charge on any atom is -0.355 e. The molecule has 0 radical (unpaired) electrons. The van der Waals surface area contributed by atoms with Gasteiger partial charge < -0.3 is 16.4 Å². The van der Waals surface area contributed by atoms with Crippen molar-refractivity contribution in [3.8, 4) is 0 Å². The van der Waals surface area contributed by atoms with Gasteiger partial charge in [0.25, 0.3) is 5.91 Å². The fraction of sp³-hybridized carbons (Fsp3) is 0.231. The lowest BCUT2D eigenvalue weighted by Crippen LogP contribution is -2.20. The van der Waals surface area contributed by atoms with Crippen molar-refractivity contribution in [3.05, 3.63) is 41.7 Å². The number of hydrogen-bond acceptors (Lipinski definition) is 5. The number of rotatable bonds is 5. The zero-order chi connectivity index (χ0) is 15.2. The average Bonchev–Trinajstić information content (AvgIpc) is 2.94. The van der Waals surface area contributed by atoms with Gasteiger partial charge in [0.15, 0.2) is 0 Å². The van der Waals surface area contributed by atoms with Crippen LogP contribution in [-0.4, -0.2) is 33.9 Å². The number of benzene rings is 1. The summed E-state index contributed by atoms with van der Waals surface area (Å²) in [5, 5.41) is 12.8. The highest BCUT2D eigenvalue weighted by molar-refractivity contribution is 5.95. The van der Waals surface area contributed by atoms with E-state index < -0.39 is 0 Å². The number of aromatic nitrogens is 3. The molecule has 4 N–H and O–H groups in total. The summed E-state index contributed by atoms with van der Waals surface area (Å²) in [4.78, 5) is 23.2. The van der Waals surface area contributed by atoms with Gasteiger partial charge in [-0.25, -0.2) is 4.68 Å². The van der Waals surface area contributed by atoms with Gasteiger partial charge in [0, 0.05) is 24.8 Å². The summed E-state index contributed by atoms with van der Waals surface area (Å²) in [6, 6.07) is 6.59. The second kappa shape index (κ2) is 6.62. The maximum absolute atomic E-state index is 11.8. The Morgan fingerprint density at radius 3 is 2.57 bits per heavy atom. The number of nitrogens with zero attached hydrogens (tertiary/aromatic N) is 3. The molecule has 2 rings (SSSR count). The highest BCUT2D eigenvalue weighted by atomic mass is 16.2. The molecule has 21 heavy (non-hydrogen) atoms. The van der Waals surface area contributed by atoms with E-state index in [9.17, 15) is 9.59 Å². The standard InChI is InChI=1S/C13H16N6O2/c1-15-13(21)9-2-4-10(5-3-9)16-12(20)8-19-7-11(6-14)17-18-19/h2-5,7H,6,8,14H2,1H3,(H,15,21)(H,16,20). The summed E-state index contributed by atoms with van der Waals surface area (Å²) in [5.41, 5.74) is 7.17. The molecule has 0 fully saturated rings. The average molecular weight is 288 g/mol. The summed E-state index contributed by atoms with van der Waals surface area (Å²) in [6.07, 6.45) is 1.62. The second-order valence-electron chi connectivity index (χ2n) is 4.32. The zero-order valence-electron chi connectivity index (χ0n) is 11.5. The summed E-state index contributed by atoms with van der Waals surface area (Å²) in [7, 11) is 1.56. The monoisotopic (exact) mass is 288 g/mol. The third-order valence-electron chi connectivity index (χ3n) is 2.76. The molecule has 0 saturated heterocycles. The van der Waals surface area contributed by atoms with Crippen LogP contribution in [0.4, 0.5) is 5.69 Å². The third-order valence-corrected chi connectivity index (χ3v) is 2.76. The molecular weight excluding hydrogens is 272 g/mol. The third kappa shape index (κ3) is 3.86. The van der Waals surface area contributed by atoms with Gasteiger partial charge in [0.05, 0.1) is 11.9 Å². The Kier molecular flexibility index (Phi) is 4.62. The predicted molar refractivity (Wildman–Crippen MR) is 76.4 cm³/mol. The lowest BCUT2D eigenvalue weighted by molar-refractivity contribution is -0.116. The SMILES string of the molecule is CNC(=O)c1ccc(NC(=O)Cn2cc(CN)nn2)cc1. The molecule has 8 nitrogen and oxygen atoms in total. The first-order valence-corrected chi connectivity index (χ1v) is 6.33. The molecule has 0 unspecified atom stereocenters. The number of carbonyl (C=O) groups excluding carboxylic acids is 2. The highest BCUT2D eigenvalue weighted by Crippen LogP contribution is 2.09. The minimum atomic E-state index is -0.240. The van der Waals surface area contributed by atoms with Gasteiger partial charge in [-0.15, -0.1) is 5.10 Å². The van der Waals surface area contributed by atoms with E-state index in [0.717, 1.165) is 0 Å². The molecule has 1 heterocycles. The van der Waals surface area contributed by atoms with Gasteiger partial charge >= 0.3 is 0 Å². The summed E-state index contributed by atoms with van der Waals surface area (Å²) < 4.78 is 1.41. The molecule has 0 atom stereocenters. The first kappa shape index (κ1) is 14.7. The Morgan fingerprint density at radius 1 is 1.29 bits per heavy atom. The van der Waals surface area contributed by atoms with Crippen LogP contribution in [0.2, 0.25) is 0 Å². The van der Waals surface area contributed by atoms with Crippen LogP contribution in [0.3, 0.4) is 0 Å². The predicted octanol–water partition coefficient (Wildman–Crippen LogP) is -0.265. The van der Waals surface area contributed by atoms with Crippen LogP contribution in [0.15, 0.2) is 30.5 Å². The normalized spacial score (nSPS) is 10.2. The molecule has 0 spiro atoms. The minimum absolute atomic E-state index is 0.0458. The summed E-state index contributed by atoms with van der Waals surface area (Å²) in [5.74, 6) is -0.416. The van der Waals surface area contributed by atoms with Crippen molar-refractivity contribution in [2.45, 2.75) is 13.1 Å². The molecule has 1 aromatic heterocycles. The molecule has 0 aliphatic carbocycles. The van der Waals surface area contributed by atoms with Crippen LogP contribution >= 0.6 is 0 Å². The number of nitrogens with one attached hydrogen (secondary N) is 2. The van der Waals surface area contributed by atoms with Gasteiger partial charge in [-0.2, -0.15) is 0 Å². The van der Waals surface area contributed by atoms with Crippen molar-refractivity contribution in [1.29, 1.82) is 0 Å². The second-order valence-corrected chi connectivity index (χ2v) is 4.32. The van der Waals surface area contributed by atoms with Gasteiger partial charge in [-0.1, -0.05) is 5.21 Å². The Labute approximate surface area is 121 Å². The van der Waals surface area contributed by atoms with E-state index in [-0.39, 0.29) is 24.9 Å². The van der Waals surface area contributed by atoms with E-state index in [0.29, 0.717) is 16.9 Å². The van der Waals surface area contributed by atoms with Crippen molar-refractivity contribution in [2.24, 2.45) is 5.73 Å². The lowest BCUT2D eigenvalue weighted by Gasteiger charge is -2.06. The summed E-state index contributed by atoms with van der Waals surface area (Å²) in [6.45, 7) is 0.326. The van der Waals surface area contributed by atoms with Crippen LogP contribution < -0.4 is 16.4 Å². The molecule has 0 saturated carbocycles. The molecule has 2 aromatic rings. The maximum Gasteiger partial charge on any atom is 0.251 e. The molecule has 110 valence electrons. The zero-order valence-corrected chi connectivity index (χ0v) is 11.5. The van der Waals surface area contributed by atoms with Crippen molar-refractivity contribution >= 4 is 17.5 Å². The van der Waals surface area contributed by atoms with E-state index in [1.54, 1.807) is 37.5 Å². The van der Waals surface area contributed by atoms with E-state index in [4.69, 9.17) is 5.73 Å². The van der Waals surface area contributed by atoms with Crippen LogP contribution in [0.1, 0.15) is 16.1 Å². The number of carbonyl (C=O) groups is 2. The van der Waals surface area contributed by atoms with Gasteiger partial charge in [-0.05, 0) is 24.3 Å². The van der Waals surface area contributed by atoms with Crippen molar-refractivity contribution in [2.75, 3.05) is 12.4 Å². The largest absolute Gasteiger partial charge is 0.355 e. The molecule has 0 aliphatic heterocycles. The van der Waals surface area contributed by atoms with Crippen molar-refractivity contribution in [3.63, 3.8) is 0 Å². The Morgan fingerprint density at radius 2 is 2.00 bits per heavy atom. The first-order valence-electron chi connectivity index (χ1n) is 6.33. The van der Waals surface area contributed by atoms with Gasteiger partial charge in [0.2, 0.25) is 5.91 Å². The lowest BCUT2D eigenvalue weighted by atomic mass is 10.2. The van der Waals surface area contributed by atoms with E-state index >= 15 is 0 Å². The Bertz CT molecular complexity index is 634. The molecule has 0 aliphatic rings. The van der Waals surface area contributed by atoms with E-state index in [2.05, 4.69) is 20.9 Å². The maximum atomic E-state index is 11.8. The molecule has 1 aromatic carbocycles. The van der Waals surface area contributed by atoms with Crippen LogP contribution in [0, 0.1) is 0 Å². The van der Waals surface area contributed by atoms with Crippen molar-refractivity contribution < 1.29 is 9.59 Å². The topological polar surface area (TPSA) is 115 Å². The Hall–Kier alpha value is -2.74. The molecule has 2 amide bonds. The van der Waals surface area contributed by atoms with E-state index in [1.165, 1.54) is 4.68 Å². The fourth-order valence-electron chi connectivity index (χ4n) is 1.71. The molecule has 8 heteroatoms. The van der Waals surface area contributed by atoms with Gasteiger partial charge in [-0.3, -0.25) is 9.59 Å². The highest BCUT2D eigenvalue weighted by Gasteiger charge is 2.07. The van der Waals surface area contributed by atoms with Crippen LogP contribution in [-0.2, 0) is 17.9 Å². The number of nitrogens with two attached hydrogens (primary N) is 1. The number of amides is 2. The molecule has 0 bridgehead atoms.